The fraction of sp³-hybridized carbons (Fsp3) is 0.632. The number of carbonyl (C=O) groups is 1. The monoisotopic (exact) mass is 334 g/mol. The van der Waals surface area contributed by atoms with Crippen LogP contribution >= 0.6 is 0 Å². The molecule has 5 heteroatoms. The predicted molar refractivity (Wildman–Crippen MR) is 91.1 cm³/mol. The van der Waals surface area contributed by atoms with Crippen LogP contribution in [-0.4, -0.2) is 31.7 Å². The number of hydrogen-bond acceptors (Lipinski definition) is 3. The van der Waals surface area contributed by atoms with Gasteiger partial charge in [0.2, 0.25) is 5.91 Å². The minimum Gasteiger partial charge on any atom is -0.381 e. The van der Waals surface area contributed by atoms with Gasteiger partial charge in [0, 0.05) is 37.6 Å². The first-order chi connectivity index (χ1) is 11.6. The quantitative estimate of drug-likeness (QED) is 0.869. The highest BCUT2D eigenvalue weighted by Crippen LogP contribution is 2.34. The third-order valence-electron chi connectivity index (χ3n) is 5.70. The number of amides is 1. The van der Waals surface area contributed by atoms with Crippen LogP contribution in [0.4, 0.5) is 4.39 Å². The Balaban J connectivity index is 1.64. The Bertz CT molecular complexity index is 555. The second-order valence-electron chi connectivity index (χ2n) is 7.24. The van der Waals surface area contributed by atoms with Crippen LogP contribution < -0.4 is 11.1 Å². The fourth-order valence-electron chi connectivity index (χ4n) is 4.03. The zero-order valence-corrected chi connectivity index (χ0v) is 14.1. The lowest BCUT2D eigenvalue weighted by Gasteiger charge is -2.38. The molecule has 4 nitrogen and oxygen atoms in total. The maximum Gasteiger partial charge on any atom is 0.220 e. The number of ether oxygens (including phenoxy) is 1. The van der Waals surface area contributed by atoms with Crippen molar-refractivity contribution in [2.75, 3.05) is 19.8 Å². The molecule has 3 N–H and O–H groups in total. The van der Waals surface area contributed by atoms with E-state index in [4.69, 9.17) is 10.5 Å². The van der Waals surface area contributed by atoms with Crippen molar-refractivity contribution in [3.8, 4) is 0 Å². The van der Waals surface area contributed by atoms with Gasteiger partial charge in [-0.05, 0) is 49.3 Å². The summed E-state index contributed by atoms with van der Waals surface area (Å²) in [5.74, 6) is 0.145. The molecular weight excluding hydrogens is 307 g/mol. The molecule has 0 unspecified atom stereocenters. The summed E-state index contributed by atoms with van der Waals surface area (Å²) < 4.78 is 18.7. The summed E-state index contributed by atoms with van der Waals surface area (Å²) in [5.41, 5.74) is 6.97. The van der Waals surface area contributed by atoms with E-state index in [1.165, 1.54) is 12.1 Å². The van der Waals surface area contributed by atoms with Gasteiger partial charge in [-0.3, -0.25) is 4.79 Å². The highest BCUT2D eigenvalue weighted by molar-refractivity contribution is 5.76. The van der Waals surface area contributed by atoms with Gasteiger partial charge in [0.25, 0.3) is 0 Å². The van der Waals surface area contributed by atoms with E-state index < -0.39 is 0 Å². The van der Waals surface area contributed by atoms with Crippen molar-refractivity contribution in [3.63, 3.8) is 0 Å². The fourth-order valence-corrected chi connectivity index (χ4v) is 4.03. The van der Waals surface area contributed by atoms with Gasteiger partial charge >= 0.3 is 0 Å². The van der Waals surface area contributed by atoms with Crippen molar-refractivity contribution in [3.05, 3.63) is 35.6 Å². The molecule has 24 heavy (non-hydrogen) atoms. The van der Waals surface area contributed by atoms with E-state index in [0.29, 0.717) is 32.1 Å². The molecule has 1 heterocycles. The molecule has 2 aliphatic rings. The molecule has 1 saturated heterocycles. The average Bonchev–Trinajstić information content (AvgIpc) is 2.99. The molecule has 1 aliphatic heterocycles. The summed E-state index contributed by atoms with van der Waals surface area (Å²) >= 11 is 0. The number of benzene rings is 1. The SMILES string of the molecule is N[C@@H]1CCC[C@H]1CC(=O)NCC1(c2ccc(F)cc2)CCOCC1. The maximum atomic E-state index is 13.3. The second kappa shape index (κ2) is 7.62. The van der Waals surface area contributed by atoms with E-state index >= 15 is 0 Å². The van der Waals surface area contributed by atoms with Crippen molar-refractivity contribution in [2.45, 2.75) is 50.0 Å². The van der Waals surface area contributed by atoms with Crippen LogP contribution in [0.1, 0.15) is 44.1 Å². The molecular formula is C19H27FN2O2. The van der Waals surface area contributed by atoms with Crippen LogP contribution in [0.25, 0.3) is 0 Å². The van der Waals surface area contributed by atoms with Gasteiger partial charge in [-0.2, -0.15) is 0 Å². The zero-order valence-electron chi connectivity index (χ0n) is 14.1. The summed E-state index contributed by atoms with van der Waals surface area (Å²) in [5, 5.41) is 3.11. The number of halogens is 1. The Kier molecular flexibility index (Phi) is 5.51. The van der Waals surface area contributed by atoms with Crippen LogP contribution in [0.15, 0.2) is 24.3 Å². The third kappa shape index (κ3) is 3.95. The molecule has 0 spiro atoms. The van der Waals surface area contributed by atoms with Crippen LogP contribution in [0, 0.1) is 11.7 Å². The van der Waals surface area contributed by atoms with Crippen molar-refractivity contribution >= 4 is 5.91 Å². The van der Waals surface area contributed by atoms with Crippen LogP contribution in [0.2, 0.25) is 0 Å². The Morgan fingerprint density at radius 3 is 2.58 bits per heavy atom. The second-order valence-corrected chi connectivity index (χ2v) is 7.24. The molecule has 1 aliphatic carbocycles. The van der Waals surface area contributed by atoms with Gasteiger partial charge in [-0.1, -0.05) is 18.6 Å². The molecule has 1 amide bonds. The summed E-state index contributed by atoms with van der Waals surface area (Å²) in [6, 6.07) is 6.81. The van der Waals surface area contributed by atoms with E-state index in [1.54, 1.807) is 0 Å². The first-order valence-corrected chi connectivity index (χ1v) is 8.95. The number of hydrogen-bond donors (Lipinski definition) is 2. The van der Waals surface area contributed by atoms with Crippen LogP contribution in [0.3, 0.4) is 0 Å². The summed E-state index contributed by atoms with van der Waals surface area (Å²) in [7, 11) is 0. The van der Waals surface area contributed by atoms with Gasteiger partial charge in [-0.15, -0.1) is 0 Å². The van der Waals surface area contributed by atoms with Gasteiger partial charge in [0.05, 0.1) is 0 Å². The third-order valence-corrected chi connectivity index (χ3v) is 5.70. The predicted octanol–water partition coefficient (Wildman–Crippen LogP) is 2.51. The molecule has 0 bridgehead atoms. The molecule has 2 fully saturated rings. The summed E-state index contributed by atoms with van der Waals surface area (Å²) in [6.45, 7) is 1.91. The molecule has 3 rings (SSSR count). The first-order valence-electron chi connectivity index (χ1n) is 8.95. The normalized spacial score (nSPS) is 26.2. The van der Waals surface area contributed by atoms with Gasteiger partial charge in [0.1, 0.15) is 5.82 Å². The molecule has 1 aromatic carbocycles. The number of nitrogens with one attached hydrogen (secondary N) is 1. The highest BCUT2D eigenvalue weighted by atomic mass is 19.1. The van der Waals surface area contributed by atoms with E-state index in [9.17, 15) is 9.18 Å². The van der Waals surface area contributed by atoms with Crippen molar-refractivity contribution in [1.29, 1.82) is 0 Å². The molecule has 1 aromatic rings. The van der Waals surface area contributed by atoms with E-state index in [1.807, 2.05) is 12.1 Å². The van der Waals surface area contributed by atoms with E-state index in [0.717, 1.165) is 37.7 Å². The average molecular weight is 334 g/mol. The summed E-state index contributed by atoms with van der Waals surface area (Å²) in [4.78, 5) is 12.4. The van der Waals surface area contributed by atoms with Crippen LogP contribution in [-0.2, 0) is 14.9 Å². The number of carbonyl (C=O) groups excluding carboxylic acids is 1. The van der Waals surface area contributed by atoms with Gasteiger partial charge in [-0.25, -0.2) is 4.39 Å². The Hall–Kier alpha value is -1.46. The van der Waals surface area contributed by atoms with Crippen molar-refractivity contribution in [1.82, 2.24) is 5.32 Å². The lowest BCUT2D eigenvalue weighted by atomic mass is 9.74. The van der Waals surface area contributed by atoms with Crippen LogP contribution in [0.5, 0.6) is 0 Å². The molecule has 1 saturated carbocycles. The largest absolute Gasteiger partial charge is 0.381 e. The number of nitrogens with two attached hydrogens (primary N) is 1. The lowest BCUT2D eigenvalue weighted by Crippen LogP contribution is -2.45. The van der Waals surface area contributed by atoms with Gasteiger partial charge < -0.3 is 15.8 Å². The Morgan fingerprint density at radius 1 is 1.25 bits per heavy atom. The zero-order chi connectivity index (χ0) is 17.0. The standard InChI is InChI=1S/C19H27FN2O2/c20-16-6-4-15(5-7-16)19(8-10-24-11-9-19)13-22-18(23)12-14-2-1-3-17(14)21/h4-7,14,17H,1-3,8-13,21H2,(H,22,23)/t14-,17+/m0/s1. The minimum absolute atomic E-state index is 0.0744. The lowest BCUT2D eigenvalue weighted by molar-refractivity contribution is -0.122. The van der Waals surface area contributed by atoms with E-state index in [2.05, 4.69) is 5.32 Å². The number of rotatable bonds is 5. The molecule has 132 valence electrons. The topological polar surface area (TPSA) is 64.4 Å². The molecule has 0 radical (unpaired) electrons. The smallest absolute Gasteiger partial charge is 0.220 e. The maximum absolute atomic E-state index is 13.3. The molecule has 0 aromatic heterocycles. The first kappa shape index (κ1) is 17.4. The van der Waals surface area contributed by atoms with Crippen molar-refractivity contribution < 1.29 is 13.9 Å². The molecule has 2 atom stereocenters. The highest BCUT2D eigenvalue weighted by Gasteiger charge is 2.35. The Morgan fingerprint density at radius 2 is 1.96 bits per heavy atom. The Labute approximate surface area is 142 Å². The van der Waals surface area contributed by atoms with E-state index in [-0.39, 0.29) is 23.2 Å². The minimum atomic E-state index is -0.236. The van der Waals surface area contributed by atoms with Gasteiger partial charge in [0.15, 0.2) is 0 Å². The summed E-state index contributed by atoms with van der Waals surface area (Å²) in [6.07, 6.45) is 5.37. The van der Waals surface area contributed by atoms with Crippen molar-refractivity contribution in [2.24, 2.45) is 11.7 Å².